The van der Waals surface area contributed by atoms with E-state index in [1.807, 2.05) is 32.0 Å². The van der Waals surface area contributed by atoms with Crippen molar-refractivity contribution in [2.24, 2.45) is 0 Å². The lowest BCUT2D eigenvalue weighted by molar-refractivity contribution is -0.137. The summed E-state index contributed by atoms with van der Waals surface area (Å²) >= 11 is 0. The molecule has 1 aromatic carbocycles. The normalized spacial score (nSPS) is 12.4. The SMILES string of the molecule is Cc1ccc(S(=O)CCCC(=O)O)cc1C. The Morgan fingerprint density at radius 1 is 1.31 bits per heavy atom. The molecule has 0 spiro atoms. The topological polar surface area (TPSA) is 54.4 Å². The first kappa shape index (κ1) is 12.9. The van der Waals surface area contributed by atoms with Gasteiger partial charge in [0.05, 0.1) is 10.8 Å². The van der Waals surface area contributed by atoms with Gasteiger partial charge >= 0.3 is 5.97 Å². The Bertz CT molecular complexity index is 413. The molecule has 1 unspecified atom stereocenters. The molecule has 0 bridgehead atoms. The minimum atomic E-state index is -1.08. The van der Waals surface area contributed by atoms with Crippen molar-refractivity contribution in [3.63, 3.8) is 0 Å². The highest BCUT2D eigenvalue weighted by molar-refractivity contribution is 7.85. The average molecular weight is 240 g/mol. The Morgan fingerprint density at radius 2 is 2.00 bits per heavy atom. The summed E-state index contributed by atoms with van der Waals surface area (Å²) in [5.74, 6) is -0.425. The number of carboxylic acids is 1. The maximum absolute atomic E-state index is 11.8. The van der Waals surface area contributed by atoms with Gasteiger partial charge in [0.25, 0.3) is 0 Å². The van der Waals surface area contributed by atoms with Crippen molar-refractivity contribution in [2.45, 2.75) is 31.6 Å². The fraction of sp³-hybridized carbons (Fsp3) is 0.417. The van der Waals surface area contributed by atoms with Gasteiger partial charge in [0, 0.05) is 17.1 Å². The molecular weight excluding hydrogens is 224 g/mol. The van der Waals surface area contributed by atoms with E-state index in [0.717, 1.165) is 10.5 Å². The molecule has 1 N–H and O–H groups in total. The van der Waals surface area contributed by atoms with Crippen LogP contribution >= 0.6 is 0 Å². The molecule has 16 heavy (non-hydrogen) atoms. The van der Waals surface area contributed by atoms with Crippen molar-refractivity contribution in [1.82, 2.24) is 0 Å². The molecule has 88 valence electrons. The van der Waals surface area contributed by atoms with Crippen molar-refractivity contribution in [1.29, 1.82) is 0 Å². The van der Waals surface area contributed by atoms with Gasteiger partial charge in [0.1, 0.15) is 0 Å². The zero-order valence-corrected chi connectivity index (χ0v) is 10.3. The van der Waals surface area contributed by atoms with E-state index in [1.54, 1.807) is 0 Å². The Morgan fingerprint density at radius 3 is 2.56 bits per heavy atom. The minimum Gasteiger partial charge on any atom is -0.481 e. The number of hydrogen-bond donors (Lipinski definition) is 1. The van der Waals surface area contributed by atoms with E-state index in [1.165, 1.54) is 5.56 Å². The Balaban J connectivity index is 2.59. The molecule has 0 aromatic heterocycles. The van der Waals surface area contributed by atoms with Crippen LogP contribution in [0.2, 0.25) is 0 Å². The van der Waals surface area contributed by atoms with Gasteiger partial charge < -0.3 is 5.11 Å². The quantitative estimate of drug-likeness (QED) is 0.859. The zero-order valence-electron chi connectivity index (χ0n) is 9.53. The third-order valence-electron chi connectivity index (χ3n) is 2.46. The molecule has 0 aliphatic carbocycles. The van der Waals surface area contributed by atoms with Gasteiger partial charge in [-0.25, -0.2) is 0 Å². The third-order valence-corrected chi connectivity index (χ3v) is 3.90. The number of rotatable bonds is 5. The van der Waals surface area contributed by atoms with Crippen LogP contribution in [-0.2, 0) is 15.6 Å². The van der Waals surface area contributed by atoms with Crippen LogP contribution < -0.4 is 0 Å². The summed E-state index contributed by atoms with van der Waals surface area (Å²) in [6.07, 6.45) is 0.533. The van der Waals surface area contributed by atoms with Crippen LogP contribution in [0.5, 0.6) is 0 Å². The van der Waals surface area contributed by atoms with E-state index >= 15 is 0 Å². The predicted octanol–water partition coefficient (Wildman–Crippen LogP) is 2.28. The number of aryl methyl sites for hydroxylation is 2. The molecule has 0 aliphatic rings. The van der Waals surface area contributed by atoms with Gasteiger partial charge in [0.2, 0.25) is 0 Å². The zero-order chi connectivity index (χ0) is 12.1. The summed E-state index contributed by atoms with van der Waals surface area (Å²) in [5.41, 5.74) is 2.29. The van der Waals surface area contributed by atoms with Crippen LogP contribution in [-0.4, -0.2) is 21.0 Å². The largest absolute Gasteiger partial charge is 0.481 e. The van der Waals surface area contributed by atoms with Gasteiger partial charge in [-0.2, -0.15) is 0 Å². The van der Waals surface area contributed by atoms with E-state index in [0.29, 0.717) is 12.2 Å². The molecule has 0 fully saturated rings. The monoisotopic (exact) mass is 240 g/mol. The van der Waals surface area contributed by atoms with Crippen molar-refractivity contribution in [3.05, 3.63) is 29.3 Å². The van der Waals surface area contributed by atoms with E-state index < -0.39 is 16.8 Å². The predicted molar refractivity (Wildman–Crippen MR) is 64.1 cm³/mol. The van der Waals surface area contributed by atoms with Gasteiger partial charge in [-0.05, 0) is 43.5 Å². The van der Waals surface area contributed by atoms with Gasteiger partial charge in [-0.3, -0.25) is 9.00 Å². The lowest BCUT2D eigenvalue weighted by Crippen LogP contribution is -2.02. The maximum Gasteiger partial charge on any atom is 0.303 e. The van der Waals surface area contributed by atoms with Crippen LogP contribution in [0.15, 0.2) is 23.1 Å². The average Bonchev–Trinajstić information content (AvgIpc) is 2.21. The number of aliphatic carboxylic acids is 1. The first-order chi connectivity index (χ1) is 7.50. The molecule has 0 radical (unpaired) electrons. The summed E-state index contributed by atoms with van der Waals surface area (Å²) in [7, 11) is -1.08. The molecule has 0 saturated carbocycles. The van der Waals surface area contributed by atoms with Crippen LogP contribution in [0.4, 0.5) is 0 Å². The molecule has 1 aromatic rings. The van der Waals surface area contributed by atoms with E-state index in [2.05, 4.69) is 0 Å². The molecule has 0 aliphatic heterocycles. The van der Waals surface area contributed by atoms with E-state index in [-0.39, 0.29) is 6.42 Å². The molecule has 3 nitrogen and oxygen atoms in total. The second-order valence-electron chi connectivity index (χ2n) is 3.79. The van der Waals surface area contributed by atoms with Gasteiger partial charge in [0.15, 0.2) is 0 Å². The second kappa shape index (κ2) is 5.80. The van der Waals surface area contributed by atoms with E-state index in [4.69, 9.17) is 5.11 Å². The van der Waals surface area contributed by atoms with Crippen LogP contribution in [0.3, 0.4) is 0 Å². The molecule has 0 saturated heterocycles. The van der Waals surface area contributed by atoms with Gasteiger partial charge in [-0.1, -0.05) is 6.07 Å². The second-order valence-corrected chi connectivity index (χ2v) is 5.36. The van der Waals surface area contributed by atoms with Crippen molar-refractivity contribution in [3.8, 4) is 0 Å². The highest BCUT2D eigenvalue weighted by atomic mass is 32.2. The Kier molecular flexibility index (Phi) is 4.68. The smallest absolute Gasteiger partial charge is 0.303 e. The summed E-state index contributed by atoms with van der Waals surface area (Å²) in [6, 6.07) is 5.70. The Hall–Kier alpha value is -1.16. The molecule has 1 atom stereocenters. The van der Waals surface area contributed by atoms with Crippen LogP contribution in [0, 0.1) is 13.8 Å². The number of hydrogen-bond acceptors (Lipinski definition) is 2. The first-order valence-corrected chi connectivity index (χ1v) is 6.50. The Labute approximate surface area is 98.0 Å². The van der Waals surface area contributed by atoms with Crippen molar-refractivity contribution < 1.29 is 14.1 Å². The third kappa shape index (κ3) is 3.77. The van der Waals surface area contributed by atoms with Crippen molar-refractivity contribution >= 4 is 16.8 Å². The molecule has 1 rings (SSSR count). The fourth-order valence-corrected chi connectivity index (χ4v) is 2.50. The summed E-state index contributed by atoms with van der Waals surface area (Å²) in [4.78, 5) is 11.1. The lowest BCUT2D eigenvalue weighted by atomic mass is 10.1. The minimum absolute atomic E-state index is 0.0799. The number of benzene rings is 1. The van der Waals surface area contributed by atoms with E-state index in [9.17, 15) is 9.00 Å². The van der Waals surface area contributed by atoms with Crippen LogP contribution in [0.25, 0.3) is 0 Å². The standard InChI is InChI=1S/C12H16O3S/c1-9-5-6-11(8-10(9)2)16(15)7-3-4-12(13)14/h5-6,8H,3-4,7H2,1-2H3,(H,13,14). The summed E-state index contributed by atoms with van der Waals surface area (Å²) in [6.45, 7) is 3.99. The summed E-state index contributed by atoms with van der Waals surface area (Å²) in [5, 5.41) is 8.48. The number of carboxylic acid groups (broad SMARTS) is 1. The summed E-state index contributed by atoms with van der Waals surface area (Å²) < 4.78 is 11.8. The highest BCUT2D eigenvalue weighted by Gasteiger charge is 2.06. The molecule has 0 heterocycles. The maximum atomic E-state index is 11.8. The lowest BCUT2D eigenvalue weighted by Gasteiger charge is -2.04. The van der Waals surface area contributed by atoms with Crippen LogP contribution in [0.1, 0.15) is 24.0 Å². The molecule has 4 heteroatoms. The van der Waals surface area contributed by atoms with Crippen molar-refractivity contribution in [2.75, 3.05) is 5.75 Å². The first-order valence-electron chi connectivity index (χ1n) is 5.18. The molecular formula is C12H16O3S. The fourth-order valence-electron chi connectivity index (χ4n) is 1.33. The molecule has 0 amide bonds. The number of carbonyl (C=O) groups is 1. The highest BCUT2D eigenvalue weighted by Crippen LogP contribution is 2.14. The van der Waals surface area contributed by atoms with Gasteiger partial charge in [-0.15, -0.1) is 0 Å².